The van der Waals surface area contributed by atoms with E-state index in [0.717, 1.165) is 18.2 Å². The molecule has 11 heteroatoms. The Hall–Kier alpha value is -2.20. The first-order valence-electron chi connectivity index (χ1n) is 10.5. The molecule has 8 nitrogen and oxygen atoms in total. The smallest absolute Gasteiger partial charge is 0.410 e. The summed E-state index contributed by atoms with van der Waals surface area (Å²) < 4.78 is 22.7. The minimum absolute atomic E-state index is 0.0140. The molecule has 32 heavy (non-hydrogen) atoms. The summed E-state index contributed by atoms with van der Waals surface area (Å²) in [7, 11) is 1.79. The van der Waals surface area contributed by atoms with Gasteiger partial charge in [0, 0.05) is 37.8 Å². The Bertz CT molecular complexity index is 1260. The van der Waals surface area contributed by atoms with E-state index in [2.05, 4.69) is 35.9 Å². The first-order chi connectivity index (χ1) is 15.0. The quantitative estimate of drug-likeness (QED) is 0.430. The van der Waals surface area contributed by atoms with Crippen molar-refractivity contribution in [1.29, 1.82) is 0 Å². The van der Waals surface area contributed by atoms with Crippen LogP contribution in [0.25, 0.3) is 21.8 Å². The van der Waals surface area contributed by atoms with Crippen LogP contribution in [-0.4, -0.2) is 61.5 Å². The fourth-order valence-corrected chi connectivity index (χ4v) is 5.36. The van der Waals surface area contributed by atoms with Gasteiger partial charge in [-0.15, -0.1) is 0 Å². The number of aromatic nitrogens is 4. The number of nitrogens with zero attached hydrogens (tertiary/aromatic N) is 6. The van der Waals surface area contributed by atoms with Gasteiger partial charge in [-0.25, -0.2) is 14.2 Å². The Balaban J connectivity index is 1.60. The molecule has 2 bridgehead atoms. The van der Waals surface area contributed by atoms with Crippen molar-refractivity contribution in [3.05, 3.63) is 21.8 Å². The molecule has 2 unspecified atom stereocenters. The van der Waals surface area contributed by atoms with Crippen LogP contribution in [0.2, 0.25) is 5.28 Å². The second-order valence-corrected chi connectivity index (χ2v) is 10.5. The first kappa shape index (κ1) is 21.6. The van der Waals surface area contributed by atoms with Crippen molar-refractivity contribution in [3.63, 3.8) is 0 Å². The summed E-state index contributed by atoms with van der Waals surface area (Å²) in [5.41, 5.74) is 0.0979. The number of halogens is 3. The maximum atomic E-state index is 15.2. The third-order valence-corrected chi connectivity index (χ3v) is 6.89. The van der Waals surface area contributed by atoms with Gasteiger partial charge < -0.3 is 14.5 Å². The van der Waals surface area contributed by atoms with Crippen LogP contribution in [0, 0.1) is 5.82 Å². The molecule has 5 heterocycles. The first-order valence-corrected chi connectivity index (χ1v) is 11.6. The van der Waals surface area contributed by atoms with E-state index < -0.39 is 11.4 Å². The number of anilines is 1. The zero-order chi connectivity index (χ0) is 22.9. The standard InChI is InChI=1S/C21H23BrClFN6O2/c1-21(2,3)32-20(31)30-8-10-5-6-11(30)7-29(10)18-13-12-9-28(4)27-16(12)14(22)15(24)17(13)25-19(23)26-18/h9-11H,5-8H2,1-4H3. The van der Waals surface area contributed by atoms with Gasteiger partial charge in [0.25, 0.3) is 0 Å². The monoisotopic (exact) mass is 524 g/mol. The molecule has 0 N–H and O–H groups in total. The van der Waals surface area contributed by atoms with Gasteiger partial charge in [-0.1, -0.05) is 0 Å². The summed E-state index contributed by atoms with van der Waals surface area (Å²) in [6.45, 7) is 6.66. The predicted molar refractivity (Wildman–Crippen MR) is 124 cm³/mol. The summed E-state index contributed by atoms with van der Waals surface area (Å²) in [5.74, 6) is 0.0530. The van der Waals surface area contributed by atoms with E-state index in [1.807, 2.05) is 27.0 Å². The molecule has 0 aliphatic carbocycles. The molecular formula is C21H23BrClFN6O2. The minimum Gasteiger partial charge on any atom is -0.444 e. The van der Waals surface area contributed by atoms with Gasteiger partial charge in [-0.3, -0.25) is 4.68 Å². The Kier molecular flexibility index (Phi) is 5.01. The molecule has 3 aliphatic heterocycles. The summed E-state index contributed by atoms with van der Waals surface area (Å²) in [6, 6.07) is -0.0107. The maximum Gasteiger partial charge on any atom is 0.410 e. The van der Waals surface area contributed by atoms with Crippen LogP contribution in [0.3, 0.4) is 0 Å². The van der Waals surface area contributed by atoms with Crippen LogP contribution in [0.4, 0.5) is 15.0 Å². The number of fused-ring (bicyclic) bond motifs is 6. The van der Waals surface area contributed by atoms with E-state index >= 15 is 4.39 Å². The number of piperazine rings is 1. The van der Waals surface area contributed by atoms with Crippen molar-refractivity contribution in [2.24, 2.45) is 7.05 Å². The summed E-state index contributed by atoms with van der Waals surface area (Å²) in [4.78, 5) is 25.4. The number of amides is 1. The molecule has 0 spiro atoms. The van der Waals surface area contributed by atoms with Gasteiger partial charge in [0.15, 0.2) is 5.82 Å². The lowest BCUT2D eigenvalue weighted by molar-refractivity contribution is 0.000822. The van der Waals surface area contributed by atoms with Crippen molar-refractivity contribution < 1.29 is 13.9 Å². The lowest BCUT2D eigenvalue weighted by Gasteiger charge is -2.51. The molecule has 2 aromatic heterocycles. The van der Waals surface area contributed by atoms with E-state index in [9.17, 15) is 4.79 Å². The van der Waals surface area contributed by atoms with E-state index in [4.69, 9.17) is 16.3 Å². The molecular weight excluding hydrogens is 503 g/mol. The van der Waals surface area contributed by atoms with Crippen molar-refractivity contribution in [2.45, 2.75) is 51.3 Å². The molecule has 0 radical (unpaired) electrons. The van der Waals surface area contributed by atoms with Gasteiger partial charge in [0.2, 0.25) is 5.28 Å². The molecule has 1 amide bonds. The van der Waals surface area contributed by atoms with E-state index in [0.29, 0.717) is 29.8 Å². The van der Waals surface area contributed by atoms with Crippen molar-refractivity contribution >= 4 is 61.2 Å². The number of benzene rings is 1. The molecule has 0 saturated carbocycles. The molecule has 3 saturated heterocycles. The summed E-state index contributed by atoms with van der Waals surface area (Å²) >= 11 is 9.56. The van der Waals surface area contributed by atoms with Crippen molar-refractivity contribution in [2.75, 3.05) is 18.0 Å². The largest absolute Gasteiger partial charge is 0.444 e. The number of hydrogen-bond acceptors (Lipinski definition) is 6. The Labute approximate surface area is 197 Å². The van der Waals surface area contributed by atoms with Crippen LogP contribution in [-0.2, 0) is 11.8 Å². The lowest BCUT2D eigenvalue weighted by Crippen LogP contribution is -2.64. The van der Waals surface area contributed by atoms with Gasteiger partial charge in [-0.2, -0.15) is 10.1 Å². The fraction of sp³-hybridized carbons (Fsp3) is 0.524. The molecule has 6 rings (SSSR count). The molecule has 1 aromatic carbocycles. The highest BCUT2D eigenvalue weighted by Gasteiger charge is 2.44. The highest BCUT2D eigenvalue weighted by atomic mass is 79.9. The van der Waals surface area contributed by atoms with Gasteiger partial charge >= 0.3 is 6.09 Å². The molecule has 3 aromatic rings. The number of aryl methyl sites for hydroxylation is 1. The van der Waals surface area contributed by atoms with Crippen molar-refractivity contribution in [3.8, 4) is 0 Å². The zero-order valence-electron chi connectivity index (χ0n) is 18.2. The highest BCUT2D eigenvalue weighted by molar-refractivity contribution is 9.10. The number of ether oxygens (including phenoxy) is 1. The molecule has 2 atom stereocenters. The number of rotatable bonds is 1. The predicted octanol–water partition coefficient (Wildman–Crippen LogP) is 4.66. The average Bonchev–Trinajstić information content (AvgIpc) is 3.12. The van der Waals surface area contributed by atoms with Crippen LogP contribution in [0.1, 0.15) is 33.6 Å². The van der Waals surface area contributed by atoms with Crippen LogP contribution >= 0.6 is 27.5 Å². The Morgan fingerprint density at radius 2 is 1.94 bits per heavy atom. The van der Waals surface area contributed by atoms with Crippen LogP contribution < -0.4 is 4.90 Å². The molecule has 3 aliphatic rings. The van der Waals surface area contributed by atoms with E-state index in [-0.39, 0.29) is 33.4 Å². The highest BCUT2D eigenvalue weighted by Crippen LogP contribution is 2.41. The maximum absolute atomic E-state index is 15.2. The average molecular weight is 526 g/mol. The van der Waals surface area contributed by atoms with Crippen molar-refractivity contribution in [1.82, 2.24) is 24.6 Å². The Morgan fingerprint density at radius 1 is 1.22 bits per heavy atom. The zero-order valence-corrected chi connectivity index (χ0v) is 20.5. The Morgan fingerprint density at radius 3 is 2.59 bits per heavy atom. The number of carbonyl (C=O) groups excluding carboxylic acids is 1. The normalized spacial score (nSPS) is 21.1. The van der Waals surface area contributed by atoms with E-state index in [1.165, 1.54) is 0 Å². The lowest BCUT2D eigenvalue weighted by atomic mass is 9.90. The SMILES string of the molecule is Cn1cc2c(n1)c(Br)c(F)c1nc(Cl)nc(N3CC4CCC3CN4C(=O)OC(C)(C)C)c12. The topological polar surface area (TPSA) is 76.4 Å². The van der Waals surface area contributed by atoms with Gasteiger partial charge in [0.05, 0.1) is 15.9 Å². The van der Waals surface area contributed by atoms with Gasteiger partial charge in [-0.05, 0) is 61.1 Å². The molecule has 170 valence electrons. The fourth-order valence-electron chi connectivity index (χ4n) is 4.71. The second-order valence-electron chi connectivity index (χ2n) is 9.40. The third-order valence-electron chi connectivity index (χ3n) is 6.00. The minimum atomic E-state index is -0.555. The van der Waals surface area contributed by atoms with Gasteiger partial charge in [0.1, 0.15) is 22.5 Å². The number of piperidine rings is 2. The third kappa shape index (κ3) is 3.48. The molecule has 3 fully saturated rings. The second kappa shape index (κ2) is 7.41. The number of carbonyl (C=O) groups is 1. The number of hydrogen-bond donors (Lipinski definition) is 0. The summed E-state index contributed by atoms with van der Waals surface area (Å²) in [6.07, 6.45) is 3.29. The van der Waals surface area contributed by atoms with Crippen LogP contribution in [0.15, 0.2) is 10.7 Å². The van der Waals surface area contributed by atoms with Crippen LogP contribution in [0.5, 0.6) is 0 Å². The van der Waals surface area contributed by atoms with E-state index in [1.54, 1.807) is 16.6 Å². The summed E-state index contributed by atoms with van der Waals surface area (Å²) in [5, 5.41) is 5.70.